The molecular weight excluding hydrogens is 226 g/mol. The lowest BCUT2D eigenvalue weighted by atomic mass is 10.2. The normalized spacial score (nSPS) is 15.6. The summed E-state index contributed by atoms with van der Waals surface area (Å²) in [5, 5.41) is 11.7. The molecule has 18 heavy (non-hydrogen) atoms. The maximum atomic E-state index is 11.9. The van der Waals surface area contributed by atoms with Gasteiger partial charge in [-0.2, -0.15) is 5.26 Å². The minimum absolute atomic E-state index is 0.0596. The summed E-state index contributed by atoms with van der Waals surface area (Å²) < 4.78 is 0. The zero-order valence-corrected chi connectivity index (χ0v) is 10.7. The molecule has 1 N–H and O–H groups in total. The van der Waals surface area contributed by atoms with E-state index in [9.17, 15) is 4.79 Å². The first-order valence-electron chi connectivity index (χ1n) is 6.15. The molecule has 1 aromatic carbocycles. The van der Waals surface area contributed by atoms with Crippen molar-refractivity contribution in [2.45, 2.75) is 31.8 Å². The third-order valence-electron chi connectivity index (χ3n) is 3.29. The number of likely N-dealkylation sites (N-methyl/N-ethyl adjacent to an activating group) is 1. The topological polar surface area (TPSA) is 56.1 Å². The first-order chi connectivity index (χ1) is 8.61. The van der Waals surface area contributed by atoms with Gasteiger partial charge in [-0.15, -0.1) is 0 Å². The molecule has 4 heteroatoms. The number of carbonyl (C=O) groups excluding carboxylic acids is 1. The van der Waals surface area contributed by atoms with Crippen molar-refractivity contribution in [2.24, 2.45) is 0 Å². The van der Waals surface area contributed by atoms with Crippen molar-refractivity contribution < 1.29 is 4.79 Å². The van der Waals surface area contributed by atoms with Crippen LogP contribution in [0.4, 0.5) is 5.69 Å². The fraction of sp³-hybridized carbons (Fsp3) is 0.429. The van der Waals surface area contributed by atoms with E-state index in [1.54, 1.807) is 12.1 Å². The second-order valence-electron chi connectivity index (χ2n) is 4.73. The van der Waals surface area contributed by atoms with Crippen molar-refractivity contribution in [2.75, 3.05) is 11.9 Å². The Bertz CT molecular complexity index is 471. The molecule has 0 spiro atoms. The zero-order chi connectivity index (χ0) is 13.1. The molecule has 2 rings (SSSR count). The maximum Gasteiger partial charge on any atom is 0.242 e. The van der Waals surface area contributed by atoms with Crippen LogP contribution in [0, 0.1) is 11.3 Å². The molecule has 0 bridgehead atoms. The number of nitrogens with zero attached hydrogens (tertiary/aromatic N) is 2. The standard InChI is InChI=1S/C14H17N3O/c1-10(14(18)16-12-5-6-12)17(2)13-7-3-11(9-15)4-8-13/h3-4,7-8,10,12H,5-6H2,1-2H3,(H,16,18). The fourth-order valence-corrected chi connectivity index (χ4v) is 1.72. The van der Waals surface area contributed by atoms with Gasteiger partial charge < -0.3 is 10.2 Å². The molecule has 1 amide bonds. The molecule has 0 heterocycles. The van der Waals surface area contributed by atoms with Gasteiger partial charge in [0.05, 0.1) is 11.6 Å². The molecule has 0 aliphatic heterocycles. The third kappa shape index (κ3) is 2.80. The van der Waals surface area contributed by atoms with Crippen molar-refractivity contribution in [3.8, 4) is 6.07 Å². The summed E-state index contributed by atoms with van der Waals surface area (Å²) in [6.07, 6.45) is 2.19. The Morgan fingerprint density at radius 3 is 2.56 bits per heavy atom. The van der Waals surface area contributed by atoms with E-state index in [0.29, 0.717) is 11.6 Å². The average molecular weight is 243 g/mol. The van der Waals surface area contributed by atoms with Crippen LogP contribution < -0.4 is 10.2 Å². The second kappa shape index (κ2) is 5.09. The predicted octanol–water partition coefficient (Wildman–Crippen LogP) is 1.66. The molecular formula is C14H17N3O. The summed E-state index contributed by atoms with van der Waals surface area (Å²) in [6, 6.07) is 9.50. The molecule has 4 nitrogen and oxygen atoms in total. The first-order valence-corrected chi connectivity index (χ1v) is 6.15. The van der Waals surface area contributed by atoms with E-state index in [1.165, 1.54) is 0 Å². The summed E-state index contributed by atoms with van der Waals surface area (Å²) in [5.74, 6) is 0.0596. The number of nitriles is 1. The smallest absolute Gasteiger partial charge is 0.242 e. The monoisotopic (exact) mass is 243 g/mol. The second-order valence-corrected chi connectivity index (χ2v) is 4.73. The van der Waals surface area contributed by atoms with Crippen LogP contribution >= 0.6 is 0 Å². The number of hydrogen-bond donors (Lipinski definition) is 1. The number of nitrogens with one attached hydrogen (secondary N) is 1. The Hall–Kier alpha value is -2.02. The van der Waals surface area contributed by atoms with Gasteiger partial charge in [0.1, 0.15) is 6.04 Å². The van der Waals surface area contributed by atoms with Crippen molar-refractivity contribution in [1.82, 2.24) is 5.32 Å². The highest BCUT2D eigenvalue weighted by molar-refractivity contribution is 5.85. The lowest BCUT2D eigenvalue weighted by molar-refractivity contribution is -0.122. The highest BCUT2D eigenvalue weighted by Crippen LogP contribution is 2.20. The molecule has 0 radical (unpaired) electrons. The van der Waals surface area contributed by atoms with Crippen LogP contribution in [0.15, 0.2) is 24.3 Å². The van der Waals surface area contributed by atoms with Crippen molar-refractivity contribution in [3.63, 3.8) is 0 Å². The number of rotatable bonds is 4. The fourth-order valence-electron chi connectivity index (χ4n) is 1.72. The SMILES string of the molecule is CC(C(=O)NC1CC1)N(C)c1ccc(C#N)cc1. The minimum atomic E-state index is -0.210. The lowest BCUT2D eigenvalue weighted by Crippen LogP contribution is -2.44. The highest BCUT2D eigenvalue weighted by Gasteiger charge is 2.27. The van der Waals surface area contributed by atoms with E-state index in [1.807, 2.05) is 31.0 Å². The summed E-state index contributed by atoms with van der Waals surface area (Å²) in [4.78, 5) is 13.8. The summed E-state index contributed by atoms with van der Waals surface area (Å²) in [7, 11) is 1.89. The van der Waals surface area contributed by atoms with E-state index < -0.39 is 0 Å². The molecule has 1 aromatic rings. The Labute approximate surface area is 107 Å². The Morgan fingerprint density at radius 1 is 1.44 bits per heavy atom. The predicted molar refractivity (Wildman–Crippen MR) is 70.2 cm³/mol. The molecule has 94 valence electrons. The molecule has 1 atom stereocenters. The van der Waals surface area contributed by atoms with Crippen LogP contribution in [0.1, 0.15) is 25.3 Å². The maximum absolute atomic E-state index is 11.9. The summed E-state index contributed by atoms with van der Waals surface area (Å²) in [6.45, 7) is 1.88. The van der Waals surface area contributed by atoms with E-state index in [2.05, 4.69) is 11.4 Å². The molecule has 1 aliphatic rings. The van der Waals surface area contributed by atoms with E-state index >= 15 is 0 Å². The summed E-state index contributed by atoms with van der Waals surface area (Å²) >= 11 is 0. The van der Waals surface area contributed by atoms with Crippen LogP contribution in [0.3, 0.4) is 0 Å². The van der Waals surface area contributed by atoms with Gasteiger partial charge in [-0.25, -0.2) is 0 Å². The van der Waals surface area contributed by atoms with Gasteiger partial charge in [0, 0.05) is 18.8 Å². The van der Waals surface area contributed by atoms with Crippen LogP contribution in [0.2, 0.25) is 0 Å². The number of anilines is 1. The van der Waals surface area contributed by atoms with Gasteiger partial charge in [-0.05, 0) is 44.0 Å². The molecule has 1 saturated carbocycles. The van der Waals surface area contributed by atoms with Crippen LogP contribution in [0.25, 0.3) is 0 Å². The average Bonchev–Trinajstić information content (AvgIpc) is 3.21. The highest BCUT2D eigenvalue weighted by atomic mass is 16.2. The number of hydrogen-bond acceptors (Lipinski definition) is 3. The molecule has 1 unspecified atom stereocenters. The third-order valence-corrected chi connectivity index (χ3v) is 3.29. The van der Waals surface area contributed by atoms with Crippen LogP contribution in [-0.4, -0.2) is 25.0 Å². The van der Waals surface area contributed by atoms with Crippen molar-refractivity contribution in [1.29, 1.82) is 5.26 Å². The minimum Gasteiger partial charge on any atom is -0.363 e. The van der Waals surface area contributed by atoms with Crippen LogP contribution in [-0.2, 0) is 4.79 Å². The largest absolute Gasteiger partial charge is 0.363 e. The first kappa shape index (κ1) is 12.4. The van der Waals surface area contributed by atoms with Gasteiger partial charge >= 0.3 is 0 Å². The van der Waals surface area contributed by atoms with Gasteiger partial charge in [0.2, 0.25) is 5.91 Å². The lowest BCUT2D eigenvalue weighted by Gasteiger charge is -2.26. The van der Waals surface area contributed by atoms with E-state index in [4.69, 9.17) is 5.26 Å². The number of amides is 1. The summed E-state index contributed by atoms with van der Waals surface area (Å²) in [5.41, 5.74) is 1.56. The van der Waals surface area contributed by atoms with Gasteiger partial charge in [0.25, 0.3) is 0 Å². The number of benzene rings is 1. The van der Waals surface area contributed by atoms with Crippen molar-refractivity contribution in [3.05, 3.63) is 29.8 Å². The Balaban J connectivity index is 2.01. The van der Waals surface area contributed by atoms with Gasteiger partial charge in [0.15, 0.2) is 0 Å². The zero-order valence-electron chi connectivity index (χ0n) is 10.7. The van der Waals surface area contributed by atoms with Crippen molar-refractivity contribution >= 4 is 11.6 Å². The molecule has 0 saturated heterocycles. The molecule has 1 aliphatic carbocycles. The van der Waals surface area contributed by atoms with E-state index in [-0.39, 0.29) is 11.9 Å². The molecule has 0 aromatic heterocycles. The van der Waals surface area contributed by atoms with E-state index in [0.717, 1.165) is 18.5 Å². The Kier molecular flexibility index (Phi) is 3.52. The van der Waals surface area contributed by atoms with Gasteiger partial charge in [-0.3, -0.25) is 4.79 Å². The number of carbonyl (C=O) groups is 1. The Morgan fingerprint density at radius 2 is 2.06 bits per heavy atom. The van der Waals surface area contributed by atoms with Gasteiger partial charge in [-0.1, -0.05) is 0 Å². The van der Waals surface area contributed by atoms with Crippen LogP contribution in [0.5, 0.6) is 0 Å². The molecule has 1 fully saturated rings. The quantitative estimate of drug-likeness (QED) is 0.875.